The molecule has 0 aliphatic heterocycles. The second-order valence-electron chi connectivity index (χ2n) is 3.05. The Balaban J connectivity index is 2.57. The maximum absolute atomic E-state index is 12.7. The highest BCUT2D eigenvalue weighted by Gasteiger charge is 2.23. The van der Waals surface area contributed by atoms with E-state index in [4.69, 9.17) is 23.2 Å². The summed E-state index contributed by atoms with van der Waals surface area (Å²) in [6.07, 6.45) is 0.178. The highest BCUT2D eigenvalue weighted by atomic mass is 35.5. The Bertz CT molecular complexity index is 515. The molecule has 0 unspecified atom stereocenters. The van der Waals surface area contributed by atoms with Gasteiger partial charge in [0.25, 0.3) is 12.4 Å². The molecule has 8 heteroatoms. The molecule has 0 aromatic carbocycles. The van der Waals surface area contributed by atoms with Crippen molar-refractivity contribution < 1.29 is 8.78 Å². The molecule has 0 bridgehead atoms. The fourth-order valence-electron chi connectivity index (χ4n) is 1.28. The molecule has 0 aliphatic carbocycles. The molecule has 2 heterocycles. The number of hydrogen-bond donors (Lipinski definition) is 0. The monoisotopic (exact) mass is 278 g/mol. The maximum atomic E-state index is 12.7. The van der Waals surface area contributed by atoms with E-state index in [1.54, 1.807) is 6.07 Å². The van der Waals surface area contributed by atoms with E-state index in [0.29, 0.717) is 0 Å². The van der Waals surface area contributed by atoms with Crippen molar-refractivity contribution in [3.63, 3.8) is 0 Å². The van der Waals surface area contributed by atoms with Crippen LogP contribution in [0.5, 0.6) is 0 Å². The topological polar surface area (TPSA) is 43.6 Å². The minimum absolute atomic E-state index is 0.00139. The summed E-state index contributed by atoms with van der Waals surface area (Å²) in [5, 5.41) is 3.68. The Hall–Kier alpha value is -1.27. The predicted molar refractivity (Wildman–Crippen MR) is 58.7 cm³/mol. The van der Waals surface area contributed by atoms with Crippen molar-refractivity contribution in [1.29, 1.82) is 0 Å². The Labute approximate surface area is 105 Å². The third-order valence-electron chi connectivity index (χ3n) is 2.03. The lowest BCUT2D eigenvalue weighted by Crippen LogP contribution is -2.02. The van der Waals surface area contributed by atoms with E-state index >= 15 is 0 Å². The lowest BCUT2D eigenvalue weighted by atomic mass is 10.3. The van der Waals surface area contributed by atoms with Crippen molar-refractivity contribution in [1.82, 2.24) is 19.7 Å². The van der Waals surface area contributed by atoms with Crippen LogP contribution in [0.3, 0.4) is 0 Å². The van der Waals surface area contributed by atoms with Crippen LogP contribution in [0.2, 0.25) is 5.15 Å². The van der Waals surface area contributed by atoms with Gasteiger partial charge >= 0.3 is 0 Å². The summed E-state index contributed by atoms with van der Waals surface area (Å²) in [5.74, 6) is -0.0264. The van der Waals surface area contributed by atoms with Gasteiger partial charge < -0.3 is 0 Å². The van der Waals surface area contributed by atoms with E-state index in [-0.39, 0.29) is 22.5 Å². The molecular weight excluding hydrogens is 273 g/mol. The predicted octanol–water partition coefficient (Wildman–Crippen LogP) is 2.99. The molecule has 0 radical (unpaired) electrons. The van der Waals surface area contributed by atoms with E-state index in [0.717, 1.165) is 4.68 Å². The van der Waals surface area contributed by atoms with Crippen LogP contribution >= 0.6 is 23.2 Å². The smallest absolute Gasteiger partial charge is 0.220 e. The molecule has 0 saturated heterocycles. The number of nitrogens with zero attached hydrogens (tertiary/aromatic N) is 4. The molecule has 17 heavy (non-hydrogen) atoms. The van der Waals surface area contributed by atoms with E-state index in [1.165, 1.54) is 12.4 Å². The number of aromatic nitrogens is 4. The average Bonchev–Trinajstić information content (AvgIpc) is 2.67. The highest BCUT2D eigenvalue weighted by molar-refractivity contribution is 6.31. The van der Waals surface area contributed by atoms with Gasteiger partial charge in [0.2, 0.25) is 0 Å². The second kappa shape index (κ2) is 4.93. The molecule has 0 spiro atoms. The first-order valence-corrected chi connectivity index (χ1v) is 5.45. The largest absolute Gasteiger partial charge is 0.282 e. The van der Waals surface area contributed by atoms with Crippen LogP contribution in [0.15, 0.2) is 18.5 Å². The first-order chi connectivity index (χ1) is 8.15. The normalized spacial score (nSPS) is 11.1. The summed E-state index contributed by atoms with van der Waals surface area (Å²) >= 11 is 11.5. The van der Waals surface area contributed by atoms with E-state index < -0.39 is 12.1 Å². The van der Waals surface area contributed by atoms with Gasteiger partial charge in [-0.3, -0.25) is 0 Å². The van der Waals surface area contributed by atoms with Crippen LogP contribution < -0.4 is 0 Å². The minimum atomic E-state index is -2.74. The van der Waals surface area contributed by atoms with Gasteiger partial charge in [-0.25, -0.2) is 18.7 Å². The third-order valence-corrected chi connectivity index (χ3v) is 2.69. The molecule has 0 N–H and O–H groups in total. The van der Waals surface area contributed by atoms with Gasteiger partial charge in [0.05, 0.1) is 5.88 Å². The van der Waals surface area contributed by atoms with Crippen LogP contribution in [0.1, 0.15) is 17.7 Å². The fourth-order valence-corrected chi connectivity index (χ4v) is 1.89. The van der Waals surface area contributed by atoms with Crippen LogP contribution in [0.4, 0.5) is 8.78 Å². The van der Waals surface area contributed by atoms with Crippen LogP contribution in [0.25, 0.3) is 5.95 Å². The van der Waals surface area contributed by atoms with Gasteiger partial charge in [0.15, 0.2) is 0 Å². The third kappa shape index (κ3) is 2.23. The summed E-state index contributed by atoms with van der Waals surface area (Å²) < 4.78 is 26.4. The molecule has 90 valence electrons. The number of hydrogen-bond acceptors (Lipinski definition) is 3. The molecule has 2 rings (SSSR count). The SMILES string of the molecule is FC(F)c1nn(-c2ncccn2)c(Cl)c1CCl. The molecule has 2 aromatic rings. The lowest BCUT2D eigenvalue weighted by molar-refractivity contribution is 0.144. The molecule has 0 atom stereocenters. The van der Waals surface area contributed by atoms with Gasteiger partial charge in [0, 0.05) is 18.0 Å². The Morgan fingerprint density at radius 1 is 1.29 bits per heavy atom. The van der Waals surface area contributed by atoms with Crippen molar-refractivity contribution in [2.24, 2.45) is 0 Å². The Kier molecular flexibility index (Phi) is 3.54. The van der Waals surface area contributed by atoms with E-state index in [9.17, 15) is 8.78 Å². The summed E-state index contributed by atoms with van der Waals surface area (Å²) in [5.41, 5.74) is -0.353. The Morgan fingerprint density at radius 3 is 2.41 bits per heavy atom. The molecule has 0 fully saturated rings. The van der Waals surface area contributed by atoms with Crippen molar-refractivity contribution in [3.05, 3.63) is 34.9 Å². The molecule has 0 aliphatic rings. The zero-order valence-corrected chi connectivity index (χ0v) is 9.83. The van der Waals surface area contributed by atoms with E-state index in [2.05, 4.69) is 15.1 Å². The van der Waals surface area contributed by atoms with E-state index in [1.807, 2.05) is 0 Å². The first kappa shape index (κ1) is 12.2. The molecule has 2 aromatic heterocycles. The summed E-state index contributed by atoms with van der Waals surface area (Å²) in [6, 6.07) is 1.59. The molecule has 0 saturated carbocycles. The van der Waals surface area contributed by atoms with Gasteiger partial charge in [0.1, 0.15) is 10.8 Å². The van der Waals surface area contributed by atoms with Gasteiger partial charge in [-0.2, -0.15) is 9.78 Å². The zero-order valence-electron chi connectivity index (χ0n) is 8.32. The van der Waals surface area contributed by atoms with Crippen molar-refractivity contribution in [2.45, 2.75) is 12.3 Å². The molecular formula is C9H6Cl2F2N4. The Morgan fingerprint density at radius 2 is 1.94 bits per heavy atom. The number of alkyl halides is 3. The van der Waals surface area contributed by atoms with Crippen LogP contribution in [-0.4, -0.2) is 19.7 Å². The van der Waals surface area contributed by atoms with Crippen molar-refractivity contribution in [3.8, 4) is 5.95 Å². The standard InChI is InChI=1S/C9H6Cl2F2N4/c10-4-5-6(8(12)13)16-17(7(5)11)9-14-2-1-3-15-9/h1-3,8H,4H2. The molecule has 4 nitrogen and oxygen atoms in total. The highest BCUT2D eigenvalue weighted by Crippen LogP contribution is 2.30. The maximum Gasteiger partial charge on any atom is 0.282 e. The summed E-state index contributed by atoms with van der Waals surface area (Å²) in [6.45, 7) is 0. The second-order valence-corrected chi connectivity index (χ2v) is 3.67. The first-order valence-electron chi connectivity index (χ1n) is 4.54. The lowest BCUT2D eigenvalue weighted by Gasteiger charge is -1.99. The van der Waals surface area contributed by atoms with Crippen LogP contribution in [-0.2, 0) is 5.88 Å². The minimum Gasteiger partial charge on any atom is -0.220 e. The number of halogens is 4. The molecule has 0 amide bonds. The van der Waals surface area contributed by atoms with Crippen molar-refractivity contribution >= 4 is 23.2 Å². The summed E-state index contributed by atoms with van der Waals surface area (Å²) in [7, 11) is 0. The number of rotatable bonds is 3. The average molecular weight is 279 g/mol. The van der Waals surface area contributed by atoms with Crippen molar-refractivity contribution in [2.75, 3.05) is 0 Å². The van der Waals surface area contributed by atoms with Gasteiger partial charge in [-0.15, -0.1) is 11.6 Å². The van der Waals surface area contributed by atoms with Crippen LogP contribution in [0, 0.1) is 0 Å². The fraction of sp³-hybridized carbons (Fsp3) is 0.222. The summed E-state index contributed by atoms with van der Waals surface area (Å²) in [4.78, 5) is 7.75. The quantitative estimate of drug-likeness (QED) is 0.811. The zero-order chi connectivity index (χ0) is 12.4. The van der Waals surface area contributed by atoms with Gasteiger partial charge in [-0.1, -0.05) is 11.6 Å². The van der Waals surface area contributed by atoms with Gasteiger partial charge in [-0.05, 0) is 6.07 Å².